The van der Waals surface area contributed by atoms with Crippen molar-refractivity contribution in [3.05, 3.63) is 59.7 Å². The van der Waals surface area contributed by atoms with Crippen molar-refractivity contribution >= 4 is 23.9 Å². The molecule has 8 nitrogen and oxygen atoms in total. The van der Waals surface area contributed by atoms with E-state index in [-0.39, 0.29) is 13.2 Å². The summed E-state index contributed by atoms with van der Waals surface area (Å²) in [5.74, 6) is -2.65. The van der Waals surface area contributed by atoms with Crippen LogP contribution < -0.4 is 0 Å². The Labute approximate surface area is 150 Å². The van der Waals surface area contributed by atoms with Gasteiger partial charge >= 0.3 is 23.9 Å². The van der Waals surface area contributed by atoms with Gasteiger partial charge in [-0.05, 0) is 11.1 Å². The molecular formula is C18H18O8. The van der Waals surface area contributed by atoms with Crippen LogP contribution in [0.15, 0.2) is 48.6 Å². The van der Waals surface area contributed by atoms with Crippen LogP contribution >= 0.6 is 0 Å². The molecule has 0 saturated heterocycles. The van der Waals surface area contributed by atoms with E-state index in [9.17, 15) is 19.2 Å². The Balaban J connectivity index is 2.41. The molecule has 0 amide bonds. The Morgan fingerprint density at radius 1 is 0.654 bits per heavy atom. The summed E-state index contributed by atoms with van der Waals surface area (Å²) in [6, 6.07) is 6.80. The number of rotatable bonds is 8. The number of esters is 4. The summed E-state index contributed by atoms with van der Waals surface area (Å²) >= 11 is 0. The topological polar surface area (TPSA) is 105 Å². The summed E-state index contributed by atoms with van der Waals surface area (Å²) in [5.41, 5.74) is 1.43. The van der Waals surface area contributed by atoms with Crippen molar-refractivity contribution in [1.82, 2.24) is 0 Å². The monoisotopic (exact) mass is 362 g/mol. The number of hydrogen-bond donors (Lipinski definition) is 0. The smallest absolute Gasteiger partial charge is 0.331 e. The Hall–Kier alpha value is -3.42. The fourth-order valence-electron chi connectivity index (χ4n) is 1.55. The standard InChI is InChI=1S/C18H18O8/c1-23-15(19)7-9-17(21)25-11-13-3-5-14(6-4-13)12-26-18(22)10-8-16(20)24-2/h3-10H,11-12H2,1-2H3/b9-7-,10-8-. The van der Waals surface area contributed by atoms with Crippen LogP contribution in [0, 0.1) is 0 Å². The van der Waals surface area contributed by atoms with Crippen LogP contribution in [0.3, 0.4) is 0 Å². The van der Waals surface area contributed by atoms with Crippen molar-refractivity contribution in [3.8, 4) is 0 Å². The third-order valence-corrected chi connectivity index (χ3v) is 2.90. The summed E-state index contributed by atoms with van der Waals surface area (Å²) < 4.78 is 18.6. The molecule has 0 aromatic heterocycles. The molecular weight excluding hydrogens is 344 g/mol. The van der Waals surface area contributed by atoms with Crippen LogP contribution in [0.1, 0.15) is 11.1 Å². The van der Waals surface area contributed by atoms with Gasteiger partial charge in [-0.3, -0.25) is 0 Å². The van der Waals surface area contributed by atoms with Gasteiger partial charge in [0, 0.05) is 24.3 Å². The van der Waals surface area contributed by atoms with E-state index in [1.54, 1.807) is 24.3 Å². The minimum Gasteiger partial charge on any atom is -0.466 e. The molecule has 0 aliphatic heterocycles. The van der Waals surface area contributed by atoms with Crippen molar-refractivity contribution < 1.29 is 38.1 Å². The van der Waals surface area contributed by atoms with E-state index >= 15 is 0 Å². The lowest BCUT2D eigenvalue weighted by Crippen LogP contribution is -2.04. The molecule has 0 unspecified atom stereocenters. The maximum Gasteiger partial charge on any atom is 0.331 e. The molecule has 1 aromatic rings. The van der Waals surface area contributed by atoms with Gasteiger partial charge in [-0.1, -0.05) is 24.3 Å². The second-order valence-electron chi connectivity index (χ2n) is 4.74. The third kappa shape index (κ3) is 8.44. The van der Waals surface area contributed by atoms with Gasteiger partial charge in [-0.25, -0.2) is 19.2 Å². The molecule has 0 N–H and O–H groups in total. The van der Waals surface area contributed by atoms with Crippen LogP contribution in [0.5, 0.6) is 0 Å². The highest BCUT2D eigenvalue weighted by Gasteiger charge is 2.03. The maximum absolute atomic E-state index is 11.4. The molecule has 0 saturated carbocycles. The number of carbonyl (C=O) groups is 4. The quantitative estimate of drug-likeness (QED) is 0.386. The Kier molecular flexibility index (Phi) is 8.88. The van der Waals surface area contributed by atoms with Gasteiger partial charge in [0.2, 0.25) is 0 Å². The lowest BCUT2D eigenvalue weighted by molar-refractivity contribution is -0.140. The fraction of sp³-hybridized carbons (Fsp3) is 0.222. The third-order valence-electron chi connectivity index (χ3n) is 2.90. The highest BCUT2D eigenvalue weighted by Crippen LogP contribution is 2.07. The van der Waals surface area contributed by atoms with E-state index in [0.717, 1.165) is 24.3 Å². The molecule has 0 bridgehead atoms. The molecule has 0 atom stereocenters. The van der Waals surface area contributed by atoms with Gasteiger partial charge in [0.25, 0.3) is 0 Å². The SMILES string of the molecule is COC(=O)/C=C\C(=O)OCc1ccc(COC(=O)/C=C\C(=O)OC)cc1. The molecule has 0 radical (unpaired) electrons. The largest absolute Gasteiger partial charge is 0.466 e. The molecule has 0 spiro atoms. The van der Waals surface area contributed by atoms with E-state index in [1.807, 2.05) is 0 Å². The summed E-state index contributed by atoms with van der Waals surface area (Å²) in [5, 5.41) is 0. The van der Waals surface area contributed by atoms with E-state index < -0.39 is 23.9 Å². The van der Waals surface area contributed by atoms with E-state index in [0.29, 0.717) is 11.1 Å². The Morgan fingerprint density at radius 2 is 0.962 bits per heavy atom. The predicted molar refractivity (Wildman–Crippen MR) is 88.3 cm³/mol. The van der Waals surface area contributed by atoms with Crippen molar-refractivity contribution in [1.29, 1.82) is 0 Å². The van der Waals surface area contributed by atoms with E-state index in [4.69, 9.17) is 9.47 Å². The van der Waals surface area contributed by atoms with Crippen molar-refractivity contribution in [2.75, 3.05) is 14.2 Å². The summed E-state index contributed by atoms with van der Waals surface area (Å²) in [4.78, 5) is 44.5. The first-order valence-electron chi connectivity index (χ1n) is 7.38. The summed E-state index contributed by atoms with van der Waals surface area (Å²) in [6.07, 6.45) is 3.88. The molecule has 8 heteroatoms. The van der Waals surface area contributed by atoms with Gasteiger partial charge in [0.15, 0.2) is 0 Å². The molecule has 138 valence electrons. The van der Waals surface area contributed by atoms with Gasteiger partial charge in [-0.15, -0.1) is 0 Å². The first-order chi connectivity index (χ1) is 12.4. The van der Waals surface area contributed by atoms with Gasteiger partial charge < -0.3 is 18.9 Å². The minimum atomic E-state index is -0.675. The van der Waals surface area contributed by atoms with Crippen molar-refractivity contribution in [2.24, 2.45) is 0 Å². The van der Waals surface area contributed by atoms with Crippen LogP contribution in [0.25, 0.3) is 0 Å². The van der Waals surface area contributed by atoms with E-state index in [2.05, 4.69) is 9.47 Å². The average Bonchev–Trinajstić information content (AvgIpc) is 2.67. The second-order valence-corrected chi connectivity index (χ2v) is 4.74. The first-order valence-corrected chi connectivity index (χ1v) is 7.38. The molecule has 1 aromatic carbocycles. The van der Waals surface area contributed by atoms with E-state index in [1.165, 1.54) is 14.2 Å². The second kappa shape index (κ2) is 11.2. The predicted octanol–water partition coefficient (Wildman–Crippen LogP) is 1.23. The van der Waals surface area contributed by atoms with Gasteiger partial charge in [0.05, 0.1) is 14.2 Å². The first kappa shape index (κ1) is 20.6. The number of carbonyl (C=O) groups excluding carboxylic acids is 4. The molecule has 1 rings (SSSR count). The lowest BCUT2D eigenvalue weighted by atomic mass is 10.1. The van der Waals surface area contributed by atoms with Crippen LogP contribution in [-0.4, -0.2) is 38.1 Å². The highest BCUT2D eigenvalue weighted by atomic mass is 16.5. The fourth-order valence-corrected chi connectivity index (χ4v) is 1.55. The van der Waals surface area contributed by atoms with Crippen LogP contribution in [0.2, 0.25) is 0 Å². The number of methoxy groups -OCH3 is 2. The zero-order valence-corrected chi connectivity index (χ0v) is 14.3. The zero-order valence-electron chi connectivity index (χ0n) is 14.3. The molecule has 0 aliphatic rings. The van der Waals surface area contributed by atoms with Crippen LogP contribution in [0.4, 0.5) is 0 Å². The van der Waals surface area contributed by atoms with Crippen molar-refractivity contribution in [3.63, 3.8) is 0 Å². The van der Waals surface area contributed by atoms with Gasteiger partial charge in [-0.2, -0.15) is 0 Å². The Bertz CT molecular complexity index is 639. The number of ether oxygens (including phenoxy) is 4. The van der Waals surface area contributed by atoms with Crippen molar-refractivity contribution in [2.45, 2.75) is 13.2 Å². The zero-order chi connectivity index (χ0) is 19.4. The average molecular weight is 362 g/mol. The lowest BCUT2D eigenvalue weighted by Gasteiger charge is -2.05. The number of benzene rings is 1. The van der Waals surface area contributed by atoms with Gasteiger partial charge in [0.1, 0.15) is 13.2 Å². The molecule has 0 aliphatic carbocycles. The minimum absolute atomic E-state index is 0.0201. The maximum atomic E-state index is 11.4. The Morgan fingerprint density at radius 3 is 1.27 bits per heavy atom. The number of hydrogen-bond acceptors (Lipinski definition) is 8. The molecule has 26 heavy (non-hydrogen) atoms. The molecule has 0 heterocycles. The highest BCUT2D eigenvalue weighted by molar-refractivity contribution is 5.92. The summed E-state index contributed by atoms with van der Waals surface area (Å²) in [7, 11) is 2.40. The summed E-state index contributed by atoms with van der Waals surface area (Å²) in [6.45, 7) is 0.0402. The normalized spacial score (nSPS) is 10.5. The van der Waals surface area contributed by atoms with Crippen LogP contribution in [-0.2, 0) is 51.3 Å². The molecule has 0 fully saturated rings.